The summed E-state index contributed by atoms with van der Waals surface area (Å²) in [6.45, 7) is 3.10. The molecular weight excluding hydrogens is 198 g/mol. The van der Waals surface area contributed by atoms with Crippen LogP contribution < -0.4 is 5.32 Å². The maximum Gasteiger partial charge on any atom is 0.120 e. The van der Waals surface area contributed by atoms with E-state index in [2.05, 4.69) is 12.2 Å². The molecule has 1 saturated carbocycles. The average Bonchev–Trinajstić information content (AvgIpc) is 2.30. The van der Waals surface area contributed by atoms with E-state index in [0.717, 1.165) is 18.0 Å². The van der Waals surface area contributed by atoms with Gasteiger partial charge in [0.15, 0.2) is 0 Å². The molecule has 1 fully saturated rings. The fourth-order valence-electron chi connectivity index (χ4n) is 2.52. The summed E-state index contributed by atoms with van der Waals surface area (Å²) in [6, 6.07) is 8.19. The molecule has 2 nitrogen and oxygen atoms in total. The number of rotatable bonds is 3. The van der Waals surface area contributed by atoms with E-state index in [1.807, 2.05) is 18.2 Å². The zero-order chi connectivity index (χ0) is 11.4. The molecule has 0 bridgehead atoms. The summed E-state index contributed by atoms with van der Waals surface area (Å²) in [5.74, 6) is 1.16. The van der Waals surface area contributed by atoms with Gasteiger partial charge in [0, 0.05) is 18.2 Å². The fourth-order valence-corrected chi connectivity index (χ4v) is 2.52. The Balaban J connectivity index is 1.89. The van der Waals surface area contributed by atoms with Crippen LogP contribution in [-0.2, 0) is 6.54 Å². The topological polar surface area (TPSA) is 32.3 Å². The molecule has 2 atom stereocenters. The zero-order valence-electron chi connectivity index (χ0n) is 9.95. The number of nitrogens with one attached hydrogen (secondary N) is 1. The molecule has 2 heteroatoms. The minimum absolute atomic E-state index is 0.401. The van der Waals surface area contributed by atoms with Crippen molar-refractivity contribution in [1.82, 2.24) is 5.32 Å². The summed E-state index contributed by atoms with van der Waals surface area (Å²) in [6.07, 6.45) is 5.31. The third kappa shape index (κ3) is 2.76. The second-order valence-corrected chi connectivity index (χ2v) is 4.88. The molecule has 1 aliphatic carbocycles. The minimum atomic E-state index is 0.401. The maximum absolute atomic E-state index is 9.67. The van der Waals surface area contributed by atoms with Crippen molar-refractivity contribution in [2.45, 2.75) is 45.2 Å². The van der Waals surface area contributed by atoms with Gasteiger partial charge in [0.05, 0.1) is 0 Å². The second kappa shape index (κ2) is 5.35. The summed E-state index contributed by atoms with van der Waals surface area (Å²) in [4.78, 5) is 0. The van der Waals surface area contributed by atoms with Gasteiger partial charge in [-0.15, -0.1) is 0 Å². The van der Waals surface area contributed by atoms with Crippen molar-refractivity contribution >= 4 is 0 Å². The summed E-state index contributed by atoms with van der Waals surface area (Å²) in [7, 11) is 0. The molecule has 2 unspecified atom stereocenters. The molecular formula is C14H21NO. The molecule has 0 saturated heterocycles. The lowest BCUT2D eigenvalue weighted by Crippen LogP contribution is -2.36. The van der Waals surface area contributed by atoms with E-state index in [1.54, 1.807) is 6.07 Å². The first-order valence-corrected chi connectivity index (χ1v) is 6.27. The van der Waals surface area contributed by atoms with Crippen molar-refractivity contribution in [2.75, 3.05) is 0 Å². The lowest BCUT2D eigenvalue weighted by atomic mass is 9.86. The van der Waals surface area contributed by atoms with Crippen LogP contribution in [0.2, 0.25) is 0 Å². The van der Waals surface area contributed by atoms with Gasteiger partial charge < -0.3 is 10.4 Å². The molecule has 0 amide bonds. The number of para-hydroxylation sites is 1. The first-order chi connectivity index (χ1) is 7.77. The molecule has 0 aromatic heterocycles. The molecule has 2 rings (SSSR count). The van der Waals surface area contributed by atoms with E-state index in [-0.39, 0.29) is 0 Å². The standard InChI is InChI=1S/C14H21NO/c1-11-6-2-4-8-13(11)15-10-12-7-3-5-9-14(12)16/h3,5,7,9,11,13,15-16H,2,4,6,8,10H2,1H3. The number of hydrogen-bond acceptors (Lipinski definition) is 2. The molecule has 1 aromatic carbocycles. The normalized spacial score (nSPS) is 25.6. The Hall–Kier alpha value is -1.02. The van der Waals surface area contributed by atoms with E-state index in [9.17, 15) is 5.11 Å². The van der Waals surface area contributed by atoms with Gasteiger partial charge in [-0.25, -0.2) is 0 Å². The fraction of sp³-hybridized carbons (Fsp3) is 0.571. The van der Waals surface area contributed by atoms with E-state index in [4.69, 9.17) is 0 Å². The van der Waals surface area contributed by atoms with Crippen LogP contribution >= 0.6 is 0 Å². The van der Waals surface area contributed by atoms with Gasteiger partial charge in [-0.3, -0.25) is 0 Å². The average molecular weight is 219 g/mol. The van der Waals surface area contributed by atoms with Gasteiger partial charge in [-0.05, 0) is 24.8 Å². The summed E-state index contributed by atoms with van der Waals surface area (Å²) >= 11 is 0. The van der Waals surface area contributed by atoms with Gasteiger partial charge >= 0.3 is 0 Å². The van der Waals surface area contributed by atoms with Crippen molar-refractivity contribution in [3.05, 3.63) is 29.8 Å². The Labute approximate surface area is 97.7 Å². The quantitative estimate of drug-likeness (QED) is 0.819. The van der Waals surface area contributed by atoms with Gasteiger partial charge in [0.1, 0.15) is 5.75 Å². The molecule has 88 valence electrons. The molecule has 0 aliphatic heterocycles. The lowest BCUT2D eigenvalue weighted by Gasteiger charge is -2.29. The molecule has 0 heterocycles. The summed E-state index contributed by atoms with van der Waals surface area (Å²) < 4.78 is 0. The molecule has 0 radical (unpaired) electrons. The van der Waals surface area contributed by atoms with Crippen LogP contribution in [0.25, 0.3) is 0 Å². The predicted molar refractivity (Wildman–Crippen MR) is 66.4 cm³/mol. The van der Waals surface area contributed by atoms with Gasteiger partial charge in [0.25, 0.3) is 0 Å². The molecule has 0 spiro atoms. The van der Waals surface area contributed by atoms with Gasteiger partial charge in [-0.1, -0.05) is 38.0 Å². The smallest absolute Gasteiger partial charge is 0.120 e. The van der Waals surface area contributed by atoms with E-state index >= 15 is 0 Å². The lowest BCUT2D eigenvalue weighted by molar-refractivity contribution is 0.278. The van der Waals surface area contributed by atoms with E-state index in [1.165, 1.54) is 25.7 Å². The highest BCUT2D eigenvalue weighted by Crippen LogP contribution is 2.24. The highest BCUT2D eigenvalue weighted by molar-refractivity contribution is 5.31. The Bertz CT molecular complexity index is 337. The van der Waals surface area contributed by atoms with Gasteiger partial charge in [-0.2, -0.15) is 0 Å². The number of phenols is 1. The van der Waals surface area contributed by atoms with E-state index < -0.39 is 0 Å². The van der Waals surface area contributed by atoms with Crippen molar-refractivity contribution in [2.24, 2.45) is 5.92 Å². The first kappa shape index (κ1) is 11.5. The highest BCUT2D eigenvalue weighted by atomic mass is 16.3. The number of aromatic hydroxyl groups is 1. The SMILES string of the molecule is CC1CCCCC1NCc1ccccc1O. The number of benzene rings is 1. The first-order valence-electron chi connectivity index (χ1n) is 6.27. The Morgan fingerprint density at radius 3 is 2.75 bits per heavy atom. The predicted octanol–water partition coefficient (Wildman–Crippen LogP) is 3.06. The highest BCUT2D eigenvalue weighted by Gasteiger charge is 2.20. The molecule has 2 N–H and O–H groups in total. The van der Waals surface area contributed by atoms with Crippen LogP contribution in [0, 0.1) is 5.92 Å². The molecule has 1 aliphatic rings. The Morgan fingerprint density at radius 2 is 2.00 bits per heavy atom. The monoisotopic (exact) mass is 219 g/mol. The largest absolute Gasteiger partial charge is 0.508 e. The van der Waals surface area contributed by atoms with Crippen molar-refractivity contribution in [3.8, 4) is 5.75 Å². The van der Waals surface area contributed by atoms with Crippen LogP contribution in [0.15, 0.2) is 24.3 Å². The van der Waals surface area contributed by atoms with Crippen LogP contribution in [0.3, 0.4) is 0 Å². The number of hydrogen-bond donors (Lipinski definition) is 2. The number of phenolic OH excluding ortho intramolecular Hbond substituents is 1. The maximum atomic E-state index is 9.67. The zero-order valence-corrected chi connectivity index (χ0v) is 9.95. The van der Waals surface area contributed by atoms with E-state index in [0.29, 0.717) is 11.8 Å². The summed E-state index contributed by atoms with van der Waals surface area (Å²) in [5, 5.41) is 13.2. The van der Waals surface area contributed by atoms with Crippen LogP contribution in [0.4, 0.5) is 0 Å². The third-order valence-electron chi connectivity index (χ3n) is 3.66. The van der Waals surface area contributed by atoms with Crippen molar-refractivity contribution in [1.29, 1.82) is 0 Å². The van der Waals surface area contributed by atoms with Gasteiger partial charge in [0.2, 0.25) is 0 Å². The van der Waals surface area contributed by atoms with Crippen LogP contribution in [0.5, 0.6) is 5.75 Å². The second-order valence-electron chi connectivity index (χ2n) is 4.88. The molecule has 16 heavy (non-hydrogen) atoms. The van der Waals surface area contributed by atoms with Crippen molar-refractivity contribution in [3.63, 3.8) is 0 Å². The third-order valence-corrected chi connectivity index (χ3v) is 3.66. The Morgan fingerprint density at radius 1 is 1.25 bits per heavy atom. The Kier molecular flexibility index (Phi) is 3.83. The minimum Gasteiger partial charge on any atom is -0.508 e. The van der Waals surface area contributed by atoms with Crippen LogP contribution in [-0.4, -0.2) is 11.1 Å². The van der Waals surface area contributed by atoms with Crippen LogP contribution in [0.1, 0.15) is 38.2 Å². The summed E-state index contributed by atoms with van der Waals surface area (Å²) in [5.41, 5.74) is 1.00. The van der Waals surface area contributed by atoms with Crippen molar-refractivity contribution < 1.29 is 5.11 Å². The molecule has 1 aromatic rings.